The van der Waals surface area contributed by atoms with E-state index in [-0.39, 0.29) is 0 Å². The number of hydrogen-bond donors (Lipinski definition) is 1. The topological polar surface area (TPSA) is 29.9 Å². The molecule has 0 aliphatic carbocycles. The highest BCUT2D eigenvalue weighted by Gasteiger charge is 2.06. The fourth-order valence-corrected chi connectivity index (χ4v) is 2.50. The third kappa shape index (κ3) is 3.04. The van der Waals surface area contributed by atoms with Gasteiger partial charge in [0.1, 0.15) is 0 Å². The van der Waals surface area contributed by atoms with Gasteiger partial charge in [0.05, 0.1) is 5.69 Å². The second-order valence-corrected chi connectivity index (χ2v) is 5.69. The van der Waals surface area contributed by atoms with Crippen molar-refractivity contribution in [2.24, 2.45) is 7.05 Å². The second-order valence-electron chi connectivity index (χ2n) is 4.44. The first-order valence-corrected chi connectivity index (χ1v) is 7.19. The average molecular weight is 355 g/mol. The van der Waals surface area contributed by atoms with Crippen molar-refractivity contribution in [3.05, 3.63) is 44.8 Å². The molecular weight excluding hydrogens is 337 g/mol. The van der Waals surface area contributed by atoms with Gasteiger partial charge >= 0.3 is 0 Å². The Morgan fingerprint density at radius 3 is 2.89 bits per heavy atom. The maximum Gasteiger partial charge on any atom is 0.0671 e. The average Bonchev–Trinajstić information content (AvgIpc) is 2.71. The van der Waals surface area contributed by atoms with Crippen molar-refractivity contribution in [2.75, 3.05) is 5.32 Å². The third-order valence-corrected chi connectivity index (χ3v) is 3.67. The number of benzene rings is 1. The quantitative estimate of drug-likeness (QED) is 0.851. The molecule has 0 amide bonds. The van der Waals surface area contributed by atoms with E-state index in [0.29, 0.717) is 0 Å². The van der Waals surface area contributed by atoms with E-state index in [0.717, 1.165) is 13.0 Å². The maximum atomic E-state index is 4.46. The number of rotatable bonds is 4. The Balaban J connectivity index is 2.13. The van der Waals surface area contributed by atoms with Crippen LogP contribution < -0.4 is 5.32 Å². The number of nitrogens with one attached hydrogen (secondary N) is 1. The summed E-state index contributed by atoms with van der Waals surface area (Å²) in [7, 11) is 1.97. The smallest absolute Gasteiger partial charge is 0.0671 e. The van der Waals surface area contributed by atoms with E-state index >= 15 is 0 Å². The van der Waals surface area contributed by atoms with Crippen molar-refractivity contribution in [3.8, 4) is 0 Å². The molecule has 3 nitrogen and oxygen atoms in total. The molecule has 4 heteroatoms. The van der Waals surface area contributed by atoms with Gasteiger partial charge in [0.2, 0.25) is 0 Å². The number of hydrogen-bond acceptors (Lipinski definition) is 2. The Bertz CT molecular complexity index is 546. The van der Waals surface area contributed by atoms with E-state index in [9.17, 15) is 0 Å². The molecule has 0 saturated heterocycles. The predicted molar refractivity (Wildman–Crippen MR) is 83.8 cm³/mol. The van der Waals surface area contributed by atoms with Gasteiger partial charge in [0, 0.05) is 34.6 Å². The maximum absolute atomic E-state index is 4.46. The van der Waals surface area contributed by atoms with Gasteiger partial charge in [-0.15, -0.1) is 0 Å². The minimum atomic E-state index is 0.831. The molecule has 96 valence electrons. The summed E-state index contributed by atoms with van der Waals surface area (Å²) in [5, 5.41) is 7.96. The van der Waals surface area contributed by atoms with Crippen molar-refractivity contribution in [3.63, 3.8) is 0 Å². The van der Waals surface area contributed by atoms with Crippen LogP contribution in [0.5, 0.6) is 0 Å². The molecule has 1 heterocycles. The van der Waals surface area contributed by atoms with Crippen molar-refractivity contribution < 1.29 is 0 Å². The normalized spacial score (nSPS) is 10.7. The first-order valence-electron chi connectivity index (χ1n) is 6.11. The molecule has 0 aliphatic rings. The summed E-state index contributed by atoms with van der Waals surface area (Å²) in [6, 6.07) is 6.45. The van der Waals surface area contributed by atoms with Crippen molar-refractivity contribution in [1.82, 2.24) is 9.78 Å². The predicted octanol–water partition coefficient (Wildman–Crippen LogP) is 3.51. The van der Waals surface area contributed by atoms with Gasteiger partial charge in [0.15, 0.2) is 0 Å². The van der Waals surface area contributed by atoms with Crippen LogP contribution in [0.1, 0.15) is 23.7 Å². The standard InChI is InChI=1S/C14H18IN3/c1-4-13-11(9-18(3)17-13)8-16-14-7-12(15)6-5-10(14)2/h5-7,9,16H,4,8H2,1-3H3. The van der Waals surface area contributed by atoms with Crippen LogP contribution in [-0.4, -0.2) is 9.78 Å². The van der Waals surface area contributed by atoms with Crippen LogP contribution in [0.3, 0.4) is 0 Å². The minimum Gasteiger partial charge on any atom is -0.381 e. The molecule has 0 aliphatic heterocycles. The summed E-state index contributed by atoms with van der Waals surface area (Å²) < 4.78 is 3.14. The third-order valence-electron chi connectivity index (χ3n) is 3.00. The first kappa shape index (κ1) is 13.4. The Kier molecular flexibility index (Phi) is 4.27. The van der Waals surface area contributed by atoms with Gasteiger partial charge in [0.25, 0.3) is 0 Å². The molecule has 0 atom stereocenters. The molecule has 0 spiro atoms. The second kappa shape index (κ2) is 5.73. The molecular formula is C14H18IN3. The molecule has 1 aromatic heterocycles. The van der Waals surface area contributed by atoms with Gasteiger partial charge < -0.3 is 5.32 Å². The summed E-state index contributed by atoms with van der Waals surface area (Å²) in [6.45, 7) is 5.10. The summed E-state index contributed by atoms with van der Waals surface area (Å²) in [5.74, 6) is 0. The van der Waals surface area contributed by atoms with Crippen molar-refractivity contribution in [2.45, 2.75) is 26.8 Å². The minimum absolute atomic E-state index is 0.831. The SMILES string of the molecule is CCc1nn(C)cc1CNc1cc(I)ccc1C. The summed E-state index contributed by atoms with van der Waals surface area (Å²) >= 11 is 2.34. The molecule has 1 aromatic carbocycles. The van der Waals surface area contributed by atoms with Crippen LogP contribution in [0.2, 0.25) is 0 Å². The van der Waals surface area contributed by atoms with Crippen LogP contribution in [0.25, 0.3) is 0 Å². The van der Waals surface area contributed by atoms with E-state index in [1.807, 2.05) is 11.7 Å². The molecule has 2 rings (SSSR count). The van der Waals surface area contributed by atoms with E-state index in [1.54, 1.807) is 0 Å². The Labute approximate surface area is 122 Å². The molecule has 0 saturated carbocycles. The van der Waals surface area contributed by atoms with Gasteiger partial charge in [-0.2, -0.15) is 5.10 Å². The lowest BCUT2D eigenvalue weighted by molar-refractivity contribution is 0.746. The lowest BCUT2D eigenvalue weighted by atomic mass is 10.1. The van der Waals surface area contributed by atoms with E-state index in [2.05, 4.69) is 71.2 Å². The van der Waals surface area contributed by atoms with Crippen LogP contribution in [0, 0.1) is 10.5 Å². The molecule has 18 heavy (non-hydrogen) atoms. The highest BCUT2D eigenvalue weighted by Crippen LogP contribution is 2.19. The number of aromatic nitrogens is 2. The van der Waals surface area contributed by atoms with E-state index < -0.39 is 0 Å². The van der Waals surface area contributed by atoms with Crippen LogP contribution in [0.4, 0.5) is 5.69 Å². The summed E-state index contributed by atoms with van der Waals surface area (Å²) in [4.78, 5) is 0. The van der Waals surface area contributed by atoms with Crippen molar-refractivity contribution in [1.29, 1.82) is 0 Å². The molecule has 0 unspecified atom stereocenters. The lowest BCUT2D eigenvalue weighted by Gasteiger charge is -2.09. The van der Waals surface area contributed by atoms with E-state index in [1.165, 1.54) is 26.1 Å². The fraction of sp³-hybridized carbons (Fsp3) is 0.357. The zero-order valence-electron chi connectivity index (χ0n) is 11.0. The largest absolute Gasteiger partial charge is 0.381 e. The highest BCUT2D eigenvalue weighted by atomic mass is 127. The summed E-state index contributed by atoms with van der Waals surface area (Å²) in [6.07, 6.45) is 3.07. The lowest BCUT2D eigenvalue weighted by Crippen LogP contribution is -2.02. The zero-order valence-corrected chi connectivity index (χ0v) is 13.2. The molecule has 1 N–H and O–H groups in total. The number of anilines is 1. The molecule has 0 fully saturated rings. The van der Waals surface area contributed by atoms with Gasteiger partial charge in [-0.1, -0.05) is 13.0 Å². The summed E-state index contributed by atoms with van der Waals surface area (Å²) in [5.41, 5.74) is 4.93. The highest BCUT2D eigenvalue weighted by molar-refractivity contribution is 14.1. The first-order chi connectivity index (χ1) is 8.60. The number of halogens is 1. The zero-order chi connectivity index (χ0) is 13.1. The fourth-order valence-electron chi connectivity index (χ4n) is 2.00. The van der Waals surface area contributed by atoms with Crippen LogP contribution in [0.15, 0.2) is 24.4 Å². The van der Waals surface area contributed by atoms with Gasteiger partial charge in [-0.05, 0) is 53.6 Å². The number of nitrogens with zero attached hydrogens (tertiary/aromatic N) is 2. The molecule has 0 bridgehead atoms. The number of aryl methyl sites for hydroxylation is 3. The molecule has 0 radical (unpaired) electrons. The van der Waals surface area contributed by atoms with Crippen molar-refractivity contribution >= 4 is 28.3 Å². The van der Waals surface area contributed by atoms with Crippen LogP contribution in [-0.2, 0) is 20.0 Å². The molecule has 2 aromatic rings. The van der Waals surface area contributed by atoms with Gasteiger partial charge in [-0.3, -0.25) is 4.68 Å². The Morgan fingerprint density at radius 1 is 1.39 bits per heavy atom. The Hall–Kier alpha value is -1.04. The monoisotopic (exact) mass is 355 g/mol. The van der Waals surface area contributed by atoms with Gasteiger partial charge in [-0.25, -0.2) is 0 Å². The van der Waals surface area contributed by atoms with Crippen LogP contribution >= 0.6 is 22.6 Å². The Morgan fingerprint density at radius 2 is 2.17 bits per heavy atom. The van der Waals surface area contributed by atoms with E-state index in [4.69, 9.17) is 0 Å².